The van der Waals surface area contributed by atoms with E-state index in [0.29, 0.717) is 0 Å². The maximum Gasteiger partial charge on any atom is 0.00313 e. The topological polar surface area (TPSA) is 26.0 Å². The minimum Gasteiger partial charge on any atom is -0.330 e. The lowest BCUT2D eigenvalue weighted by Gasteiger charge is -2.02. The Labute approximate surface area is 111 Å². The molecule has 0 rings (SSSR count). The zero-order chi connectivity index (χ0) is 11.9. The number of rotatable bonds is 13. The molecule has 0 spiro atoms. The van der Waals surface area contributed by atoms with E-state index in [-0.39, 0.29) is 0 Å². The Morgan fingerprint density at radius 3 is 1.12 bits per heavy atom. The van der Waals surface area contributed by atoms with Gasteiger partial charge in [-0.15, -0.1) is 0 Å². The van der Waals surface area contributed by atoms with Gasteiger partial charge in [-0.1, -0.05) is 80.1 Å². The van der Waals surface area contributed by atoms with E-state index in [9.17, 15) is 0 Å². The predicted molar refractivity (Wildman–Crippen MR) is 78.3 cm³/mol. The SMILES string of the molecule is NCCCCCCCCCCCCCCBr. The van der Waals surface area contributed by atoms with Crippen LogP contribution in [0.3, 0.4) is 0 Å². The number of hydrogen-bond donors (Lipinski definition) is 1. The van der Waals surface area contributed by atoms with Crippen molar-refractivity contribution in [1.29, 1.82) is 0 Å². The van der Waals surface area contributed by atoms with Gasteiger partial charge >= 0.3 is 0 Å². The van der Waals surface area contributed by atoms with Crippen molar-refractivity contribution in [2.45, 2.75) is 77.0 Å². The van der Waals surface area contributed by atoms with Crippen LogP contribution in [0.15, 0.2) is 0 Å². The van der Waals surface area contributed by atoms with E-state index < -0.39 is 0 Å². The van der Waals surface area contributed by atoms with Crippen LogP contribution < -0.4 is 5.73 Å². The second-order valence-electron chi connectivity index (χ2n) is 4.72. The highest BCUT2D eigenvalue weighted by Gasteiger charge is 1.92. The van der Waals surface area contributed by atoms with Crippen LogP contribution in [0.25, 0.3) is 0 Å². The summed E-state index contributed by atoms with van der Waals surface area (Å²) < 4.78 is 0. The van der Waals surface area contributed by atoms with Crippen molar-refractivity contribution in [3.63, 3.8) is 0 Å². The number of halogens is 1. The smallest absolute Gasteiger partial charge is 0.00313 e. The maximum atomic E-state index is 5.46. The standard InChI is InChI=1S/C14H30BrN/c15-13-11-9-7-5-3-1-2-4-6-8-10-12-14-16/h1-14,16H2. The van der Waals surface area contributed by atoms with Crippen LogP contribution in [0.4, 0.5) is 0 Å². The Kier molecular flexibility index (Phi) is 15.9. The highest BCUT2D eigenvalue weighted by molar-refractivity contribution is 9.09. The average Bonchev–Trinajstić information content (AvgIpc) is 2.31. The summed E-state index contributed by atoms with van der Waals surface area (Å²) in [5.74, 6) is 0. The first kappa shape index (κ1) is 16.4. The largest absolute Gasteiger partial charge is 0.330 e. The zero-order valence-corrected chi connectivity index (χ0v) is 12.4. The van der Waals surface area contributed by atoms with E-state index in [0.717, 1.165) is 6.54 Å². The monoisotopic (exact) mass is 291 g/mol. The second kappa shape index (κ2) is 15.4. The molecule has 2 N–H and O–H groups in total. The zero-order valence-electron chi connectivity index (χ0n) is 10.9. The summed E-state index contributed by atoms with van der Waals surface area (Å²) in [4.78, 5) is 0. The van der Waals surface area contributed by atoms with Gasteiger partial charge in [-0.25, -0.2) is 0 Å². The Balaban J connectivity index is 2.83. The summed E-state index contributed by atoms with van der Waals surface area (Å²) >= 11 is 3.47. The van der Waals surface area contributed by atoms with E-state index >= 15 is 0 Å². The summed E-state index contributed by atoms with van der Waals surface area (Å²) in [6.07, 6.45) is 16.8. The molecule has 0 aromatic heterocycles. The van der Waals surface area contributed by atoms with Crippen molar-refractivity contribution in [3.8, 4) is 0 Å². The van der Waals surface area contributed by atoms with Gasteiger partial charge in [0.25, 0.3) is 0 Å². The van der Waals surface area contributed by atoms with Crippen molar-refractivity contribution in [2.75, 3.05) is 11.9 Å². The summed E-state index contributed by atoms with van der Waals surface area (Å²) in [7, 11) is 0. The molecule has 0 aromatic rings. The Morgan fingerprint density at radius 1 is 0.500 bits per heavy atom. The first-order valence-corrected chi connectivity index (χ1v) is 8.30. The van der Waals surface area contributed by atoms with Crippen LogP contribution >= 0.6 is 15.9 Å². The Hall–Kier alpha value is 0.440. The molecule has 0 amide bonds. The molecule has 0 atom stereocenters. The first-order valence-electron chi connectivity index (χ1n) is 7.18. The maximum absolute atomic E-state index is 5.46. The van der Waals surface area contributed by atoms with Gasteiger partial charge in [-0.05, 0) is 19.4 Å². The summed E-state index contributed by atoms with van der Waals surface area (Å²) in [5, 5.41) is 1.18. The fourth-order valence-electron chi connectivity index (χ4n) is 2.01. The van der Waals surface area contributed by atoms with Crippen molar-refractivity contribution in [2.24, 2.45) is 5.73 Å². The highest BCUT2D eigenvalue weighted by Crippen LogP contribution is 2.11. The van der Waals surface area contributed by atoms with Crippen LogP contribution in [0.2, 0.25) is 0 Å². The van der Waals surface area contributed by atoms with Gasteiger partial charge in [-0.2, -0.15) is 0 Å². The summed E-state index contributed by atoms with van der Waals surface area (Å²) in [5.41, 5.74) is 5.46. The molecular weight excluding hydrogens is 262 g/mol. The van der Waals surface area contributed by atoms with Gasteiger partial charge < -0.3 is 5.73 Å². The van der Waals surface area contributed by atoms with E-state index in [2.05, 4.69) is 15.9 Å². The van der Waals surface area contributed by atoms with Crippen LogP contribution in [0.5, 0.6) is 0 Å². The van der Waals surface area contributed by atoms with E-state index in [1.165, 1.54) is 82.4 Å². The van der Waals surface area contributed by atoms with Crippen LogP contribution in [-0.4, -0.2) is 11.9 Å². The molecule has 0 saturated carbocycles. The normalized spacial score (nSPS) is 10.9. The molecule has 0 bridgehead atoms. The lowest BCUT2D eigenvalue weighted by molar-refractivity contribution is 0.546. The number of unbranched alkanes of at least 4 members (excludes halogenated alkanes) is 11. The molecule has 0 aromatic carbocycles. The highest BCUT2D eigenvalue weighted by atomic mass is 79.9. The predicted octanol–water partition coefficient (Wildman–Crippen LogP) is 5.02. The fraction of sp³-hybridized carbons (Fsp3) is 1.00. The van der Waals surface area contributed by atoms with Crippen LogP contribution in [0.1, 0.15) is 77.0 Å². The molecule has 0 aliphatic heterocycles. The van der Waals surface area contributed by atoms with E-state index in [1.807, 2.05) is 0 Å². The third-order valence-corrected chi connectivity index (χ3v) is 3.65. The molecule has 0 radical (unpaired) electrons. The van der Waals surface area contributed by atoms with Gasteiger partial charge in [-0.3, -0.25) is 0 Å². The van der Waals surface area contributed by atoms with E-state index in [4.69, 9.17) is 5.73 Å². The van der Waals surface area contributed by atoms with E-state index in [1.54, 1.807) is 0 Å². The summed E-state index contributed by atoms with van der Waals surface area (Å²) in [6, 6.07) is 0. The van der Waals surface area contributed by atoms with Crippen molar-refractivity contribution in [1.82, 2.24) is 0 Å². The first-order chi connectivity index (χ1) is 7.91. The summed E-state index contributed by atoms with van der Waals surface area (Å²) in [6.45, 7) is 0.869. The average molecular weight is 292 g/mol. The second-order valence-corrected chi connectivity index (χ2v) is 5.51. The number of nitrogens with two attached hydrogens (primary N) is 1. The van der Waals surface area contributed by atoms with Crippen LogP contribution in [0, 0.1) is 0 Å². The minimum absolute atomic E-state index is 0.869. The fourth-order valence-corrected chi connectivity index (χ4v) is 2.40. The molecular formula is C14H30BrN. The van der Waals surface area contributed by atoms with Crippen molar-refractivity contribution >= 4 is 15.9 Å². The lowest BCUT2D eigenvalue weighted by atomic mass is 10.1. The third-order valence-electron chi connectivity index (χ3n) is 3.09. The molecule has 0 fully saturated rings. The molecule has 0 saturated heterocycles. The van der Waals surface area contributed by atoms with Gasteiger partial charge in [0.15, 0.2) is 0 Å². The number of alkyl halides is 1. The molecule has 16 heavy (non-hydrogen) atoms. The quantitative estimate of drug-likeness (QED) is 0.374. The van der Waals surface area contributed by atoms with Gasteiger partial charge in [0.05, 0.1) is 0 Å². The molecule has 0 unspecified atom stereocenters. The van der Waals surface area contributed by atoms with Crippen LogP contribution in [-0.2, 0) is 0 Å². The molecule has 2 heteroatoms. The van der Waals surface area contributed by atoms with Crippen molar-refractivity contribution in [3.05, 3.63) is 0 Å². The van der Waals surface area contributed by atoms with Gasteiger partial charge in [0.2, 0.25) is 0 Å². The van der Waals surface area contributed by atoms with Gasteiger partial charge in [0, 0.05) is 5.33 Å². The molecule has 98 valence electrons. The molecule has 1 nitrogen and oxygen atoms in total. The Morgan fingerprint density at radius 2 is 0.812 bits per heavy atom. The van der Waals surface area contributed by atoms with Gasteiger partial charge in [0.1, 0.15) is 0 Å². The lowest BCUT2D eigenvalue weighted by Crippen LogP contribution is -1.97. The molecule has 0 aliphatic carbocycles. The minimum atomic E-state index is 0.869. The molecule has 0 heterocycles. The molecule has 0 aliphatic rings. The third kappa shape index (κ3) is 14.4. The Bertz CT molecular complexity index is 103. The number of hydrogen-bond acceptors (Lipinski definition) is 1. The van der Waals surface area contributed by atoms with Crippen molar-refractivity contribution < 1.29 is 0 Å².